The van der Waals surface area contributed by atoms with Crippen LogP contribution < -0.4 is 4.90 Å². The minimum Gasteiger partial charge on any atom is -0.466 e. The number of esters is 1. The largest absolute Gasteiger partial charge is 0.466 e. The topological polar surface area (TPSA) is 76.2 Å². The summed E-state index contributed by atoms with van der Waals surface area (Å²) in [5.74, 6) is -0.852. The standard InChI is InChI=1S/C22H24N2O5/c1-4-19-10-7-11-24-15(25)12-20-13-8-5-6-9-14(13)23(2)16(20)21(17(19)26,18(27)28-3)29-22(19,20)24/h5-6,8-9,16H,4,7,10-12H2,1-3H3/t16?,19-,20-,21-,22-/m1/s1. The molecule has 4 saturated heterocycles. The number of benzene rings is 1. The molecule has 5 aliphatic rings. The number of amides is 1. The number of ether oxygens (including phenoxy) is 2. The summed E-state index contributed by atoms with van der Waals surface area (Å²) in [6.45, 7) is 2.52. The zero-order valence-electron chi connectivity index (χ0n) is 16.9. The molecule has 152 valence electrons. The number of carbonyl (C=O) groups excluding carboxylic acids is 3. The average molecular weight is 396 g/mol. The number of Topliss-reactive ketones (excluding diaryl/α,β-unsaturated/α-hetero) is 1. The molecule has 2 bridgehead atoms. The van der Waals surface area contributed by atoms with Crippen molar-refractivity contribution in [3.05, 3.63) is 29.8 Å². The van der Waals surface area contributed by atoms with E-state index in [0.717, 1.165) is 17.7 Å². The minimum atomic E-state index is -1.72. The summed E-state index contributed by atoms with van der Waals surface area (Å²) in [5, 5.41) is 0. The van der Waals surface area contributed by atoms with Gasteiger partial charge in [0.25, 0.3) is 0 Å². The van der Waals surface area contributed by atoms with Crippen LogP contribution in [-0.2, 0) is 29.3 Å². The number of anilines is 1. The third-order valence-corrected chi connectivity index (χ3v) is 8.53. The predicted molar refractivity (Wildman–Crippen MR) is 102 cm³/mol. The number of nitrogens with zero attached hydrogens (tertiary/aromatic N) is 2. The van der Waals surface area contributed by atoms with Gasteiger partial charge in [-0.25, -0.2) is 4.79 Å². The molecule has 0 saturated carbocycles. The van der Waals surface area contributed by atoms with Crippen molar-refractivity contribution in [2.75, 3.05) is 25.6 Å². The summed E-state index contributed by atoms with van der Waals surface area (Å²) < 4.78 is 11.9. The number of carbonyl (C=O) groups is 3. The van der Waals surface area contributed by atoms with Crippen molar-refractivity contribution in [2.45, 2.75) is 55.4 Å². The zero-order valence-corrected chi connectivity index (χ0v) is 16.9. The van der Waals surface area contributed by atoms with E-state index in [1.807, 2.05) is 43.1 Å². The lowest BCUT2D eigenvalue weighted by molar-refractivity contribution is -0.210. The van der Waals surface area contributed by atoms with Crippen LogP contribution in [0.3, 0.4) is 0 Å². The van der Waals surface area contributed by atoms with Gasteiger partial charge in [-0.05, 0) is 30.9 Å². The maximum Gasteiger partial charge on any atom is 0.348 e. The molecule has 7 nitrogen and oxygen atoms in total. The highest BCUT2D eigenvalue weighted by Gasteiger charge is 2.96. The van der Waals surface area contributed by atoms with Gasteiger partial charge in [-0.15, -0.1) is 0 Å². The number of hydrogen-bond donors (Lipinski definition) is 0. The predicted octanol–water partition coefficient (Wildman–Crippen LogP) is 1.39. The quantitative estimate of drug-likeness (QED) is 0.555. The molecule has 0 N–H and O–H groups in total. The zero-order chi connectivity index (χ0) is 20.4. The van der Waals surface area contributed by atoms with Crippen molar-refractivity contribution in [1.82, 2.24) is 4.90 Å². The van der Waals surface area contributed by atoms with Crippen LogP contribution in [0.4, 0.5) is 5.69 Å². The maximum absolute atomic E-state index is 14.1. The lowest BCUT2D eigenvalue weighted by Gasteiger charge is -2.56. The van der Waals surface area contributed by atoms with E-state index in [1.54, 1.807) is 4.90 Å². The number of para-hydroxylation sites is 1. The molecule has 6 rings (SSSR count). The Hall–Kier alpha value is -2.41. The number of piperidine rings is 1. The number of likely N-dealkylation sites (N-methyl/N-ethyl adjacent to an activating group) is 1. The highest BCUT2D eigenvalue weighted by Crippen LogP contribution is 2.78. The molecule has 5 aliphatic heterocycles. The number of ketones is 1. The highest BCUT2D eigenvalue weighted by atomic mass is 16.6. The van der Waals surface area contributed by atoms with Gasteiger partial charge in [-0.2, -0.15) is 0 Å². The summed E-state index contributed by atoms with van der Waals surface area (Å²) in [4.78, 5) is 44.5. The fourth-order valence-corrected chi connectivity index (χ4v) is 7.80. The van der Waals surface area contributed by atoms with Gasteiger partial charge in [-0.3, -0.25) is 9.59 Å². The first-order chi connectivity index (χ1) is 13.9. The number of methoxy groups -OCH3 is 1. The highest BCUT2D eigenvalue weighted by molar-refractivity contribution is 6.17. The Balaban J connectivity index is 1.78. The molecule has 1 amide bonds. The molecule has 0 aliphatic carbocycles. The van der Waals surface area contributed by atoms with Gasteiger partial charge in [0.15, 0.2) is 11.5 Å². The van der Waals surface area contributed by atoms with Gasteiger partial charge in [0.1, 0.15) is 0 Å². The van der Waals surface area contributed by atoms with E-state index in [4.69, 9.17) is 9.47 Å². The summed E-state index contributed by atoms with van der Waals surface area (Å²) in [5.41, 5.74) is -2.58. The first kappa shape index (κ1) is 17.4. The monoisotopic (exact) mass is 396 g/mol. The molecule has 7 heteroatoms. The second-order valence-electron chi connectivity index (χ2n) is 9.07. The lowest BCUT2D eigenvalue weighted by Crippen LogP contribution is -2.74. The summed E-state index contributed by atoms with van der Waals surface area (Å²) in [6, 6.07) is 7.34. The van der Waals surface area contributed by atoms with E-state index in [-0.39, 0.29) is 18.1 Å². The van der Waals surface area contributed by atoms with E-state index in [2.05, 4.69) is 0 Å². The van der Waals surface area contributed by atoms with E-state index in [0.29, 0.717) is 19.4 Å². The summed E-state index contributed by atoms with van der Waals surface area (Å²) >= 11 is 0. The van der Waals surface area contributed by atoms with Crippen LogP contribution in [0.1, 0.15) is 38.2 Å². The average Bonchev–Trinajstić information content (AvgIpc) is 3.33. The molecule has 1 aromatic rings. The molecule has 1 aromatic carbocycles. The fourth-order valence-electron chi connectivity index (χ4n) is 7.80. The maximum atomic E-state index is 14.1. The van der Waals surface area contributed by atoms with E-state index in [9.17, 15) is 14.4 Å². The molecule has 0 aromatic heterocycles. The van der Waals surface area contributed by atoms with Crippen LogP contribution in [0.25, 0.3) is 0 Å². The van der Waals surface area contributed by atoms with Gasteiger partial charge >= 0.3 is 5.97 Å². The molecule has 4 fully saturated rings. The SMILES string of the molecule is CC[C@]12CCCN3C(=O)C[C@@]45c6ccccc6N(C)C4[C@@](C(=O)OC)(O[C@]315)C2=O. The first-order valence-corrected chi connectivity index (χ1v) is 10.4. The minimum absolute atomic E-state index is 0.00536. The Morgan fingerprint density at radius 2 is 2.07 bits per heavy atom. The number of hydrogen-bond acceptors (Lipinski definition) is 6. The number of fused-ring (bicyclic) bond motifs is 3. The van der Waals surface area contributed by atoms with E-state index in [1.165, 1.54) is 7.11 Å². The third-order valence-electron chi connectivity index (χ3n) is 8.53. The second kappa shape index (κ2) is 4.83. The van der Waals surface area contributed by atoms with Gasteiger partial charge in [0, 0.05) is 25.7 Å². The molecule has 0 radical (unpaired) electrons. The Morgan fingerprint density at radius 1 is 1.31 bits per heavy atom. The van der Waals surface area contributed by atoms with Crippen LogP contribution in [0, 0.1) is 5.41 Å². The van der Waals surface area contributed by atoms with Crippen LogP contribution in [0.5, 0.6) is 0 Å². The summed E-state index contributed by atoms with van der Waals surface area (Å²) in [7, 11) is 3.19. The van der Waals surface area contributed by atoms with Crippen LogP contribution in [0.2, 0.25) is 0 Å². The van der Waals surface area contributed by atoms with Crippen LogP contribution in [0.15, 0.2) is 24.3 Å². The van der Waals surface area contributed by atoms with Crippen molar-refractivity contribution >= 4 is 23.3 Å². The van der Waals surface area contributed by atoms with Gasteiger partial charge in [-0.1, -0.05) is 25.1 Å². The molecule has 1 unspecified atom stereocenters. The van der Waals surface area contributed by atoms with Crippen molar-refractivity contribution < 1.29 is 23.9 Å². The molecule has 5 heterocycles. The number of rotatable bonds is 2. The molecule has 5 atom stereocenters. The molecule has 2 spiro atoms. The van der Waals surface area contributed by atoms with Gasteiger partial charge < -0.3 is 19.3 Å². The normalized spacial score (nSPS) is 43.5. The fraction of sp³-hybridized carbons (Fsp3) is 0.591. The smallest absolute Gasteiger partial charge is 0.348 e. The van der Waals surface area contributed by atoms with Crippen molar-refractivity contribution in [1.29, 1.82) is 0 Å². The van der Waals surface area contributed by atoms with E-state index < -0.39 is 34.2 Å². The Bertz CT molecular complexity index is 1010. The second-order valence-corrected chi connectivity index (χ2v) is 9.07. The lowest BCUT2D eigenvalue weighted by atomic mass is 9.48. The molecular formula is C22H24N2O5. The third kappa shape index (κ3) is 1.33. The van der Waals surface area contributed by atoms with Crippen LogP contribution in [-0.4, -0.2) is 60.6 Å². The van der Waals surface area contributed by atoms with Crippen molar-refractivity contribution in [3.8, 4) is 0 Å². The van der Waals surface area contributed by atoms with Gasteiger partial charge in [0.05, 0.1) is 24.0 Å². The van der Waals surface area contributed by atoms with E-state index >= 15 is 0 Å². The van der Waals surface area contributed by atoms with Crippen molar-refractivity contribution in [3.63, 3.8) is 0 Å². The molecular weight excluding hydrogens is 372 g/mol. The van der Waals surface area contributed by atoms with Crippen LogP contribution >= 0.6 is 0 Å². The Labute approximate surface area is 168 Å². The Morgan fingerprint density at radius 3 is 2.79 bits per heavy atom. The Kier molecular flexibility index (Phi) is 2.91. The van der Waals surface area contributed by atoms with Gasteiger partial charge in [0.2, 0.25) is 11.5 Å². The van der Waals surface area contributed by atoms with Crippen molar-refractivity contribution in [2.24, 2.45) is 5.41 Å². The first-order valence-electron chi connectivity index (χ1n) is 10.4. The molecule has 29 heavy (non-hydrogen) atoms. The summed E-state index contributed by atoms with van der Waals surface area (Å²) in [6.07, 6.45) is 2.11.